The van der Waals surface area contributed by atoms with E-state index >= 15 is 0 Å². The smallest absolute Gasteiger partial charge is 0.257 e. The molecule has 2 aliphatic rings. The maximum absolute atomic E-state index is 13.1. The molecule has 2 aliphatic heterocycles. The van der Waals surface area contributed by atoms with Crippen LogP contribution in [0.3, 0.4) is 0 Å². The lowest BCUT2D eigenvalue weighted by Gasteiger charge is -2.33. The van der Waals surface area contributed by atoms with Gasteiger partial charge in [-0.3, -0.25) is 4.79 Å². The Kier molecular flexibility index (Phi) is 3.75. The first-order chi connectivity index (χ1) is 11.6. The van der Waals surface area contributed by atoms with E-state index in [-0.39, 0.29) is 18.1 Å². The molecule has 0 bridgehead atoms. The molecule has 0 saturated carbocycles. The van der Waals surface area contributed by atoms with Gasteiger partial charge in [-0.15, -0.1) is 0 Å². The molecule has 6 nitrogen and oxygen atoms in total. The number of amides is 1. The Balaban J connectivity index is 1.59. The first kappa shape index (κ1) is 15.2. The fourth-order valence-corrected chi connectivity index (χ4v) is 3.69. The van der Waals surface area contributed by atoms with Gasteiger partial charge in [-0.05, 0) is 25.8 Å². The second-order valence-electron chi connectivity index (χ2n) is 6.76. The van der Waals surface area contributed by atoms with Gasteiger partial charge in [-0.25, -0.2) is 9.67 Å². The molecule has 6 heteroatoms. The molecule has 3 atom stereocenters. The second kappa shape index (κ2) is 5.92. The third-order valence-corrected chi connectivity index (χ3v) is 5.27. The highest BCUT2D eigenvalue weighted by Crippen LogP contribution is 2.40. The fraction of sp³-hybridized carbons (Fsp3) is 0.500. The van der Waals surface area contributed by atoms with E-state index < -0.39 is 0 Å². The van der Waals surface area contributed by atoms with Gasteiger partial charge in [0.15, 0.2) is 0 Å². The largest absolute Gasteiger partial charge is 0.489 e. The normalized spacial score (nSPS) is 26.1. The monoisotopic (exact) mass is 326 g/mol. The van der Waals surface area contributed by atoms with Gasteiger partial charge in [0, 0.05) is 24.6 Å². The Morgan fingerprint density at radius 3 is 3.00 bits per heavy atom. The minimum Gasteiger partial charge on any atom is -0.489 e. The van der Waals surface area contributed by atoms with E-state index in [0.717, 1.165) is 30.7 Å². The van der Waals surface area contributed by atoms with Crippen molar-refractivity contribution < 1.29 is 9.53 Å². The Morgan fingerprint density at radius 1 is 1.33 bits per heavy atom. The average molecular weight is 326 g/mol. The van der Waals surface area contributed by atoms with Crippen LogP contribution in [-0.4, -0.2) is 44.8 Å². The zero-order chi connectivity index (χ0) is 16.7. The van der Waals surface area contributed by atoms with Crippen molar-refractivity contribution in [2.75, 3.05) is 13.1 Å². The summed E-state index contributed by atoms with van der Waals surface area (Å²) in [6.07, 6.45) is 5.37. The fourth-order valence-electron chi connectivity index (χ4n) is 3.69. The van der Waals surface area contributed by atoms with Crippen LogP contribution >= 0.6 is 0 Å². The van der Waals surface area contributed by atoms with E-state index in [0.29, 0.717) is 18.0 Å². The quantitative estimate of drug-likeness (QED) is 0.851. The number of nitrogens with zero attached hydrogens (tertiary/aromatic N) is 4. The summed E-state index contributed by atoms with van der Waals surface area (Å²) in [5, 5.41) is 4.23. The highest BCUT2D eigenvalue weighted by atomic mass is 16.5. The number of fused-ring (bicyclic) bond motifs is 1. The lowest BCUT2D eigenvalue weighted by Crippen LogP contribution is -2.41. The highest BCUT2D eigenvalue weighted by molar-refractivity contribution is 5.97. The average Bonchev–Trinajstić information content (AvgIpc) is 3.24. The molecule has 24 heavy (non-hydrogen) atoms. The number of hydrogen-bond donors (Lipinski definition) is 0. The molecular formula is C18H22N4O2. The van der Waals surface area contributed by atoms with Gasteiger partial charge in [-0.1, -0.05) is 19.1 Å². The number of ether oxygens (including phenoxy) is 1. The standard InChI is InChI=1S/C18H22N4O2/c1-12-13(2)24-17-15(12)6-3-7-16(17)18(23)21-8-4-5-14(9-21)22-11-19-10-20-22/h3,6-7,10-14H,4-5,8-9H2,1-2H3/t12-,13-,14-/m0/s1. The van der Waals surface area contributed by atoms with Gasteiger partial charge < -0.3 is 9.64 Å². The third-order valence-electron chi connectivity index (χ3n) is 5.27. The van der Waals surface area contributed by atoms with Crippen molar-refractivity contribution >= 4 is 5.91 Å². The molecular weight excluding hydrogens is 304 g/mol. The summed E-state index contributed by atoms with van der Waals surface area (Å²) in [5.74, 6) is 1.14. The van der Waals surface area contributed by atoms with Crippen molar-refractivity contribution in [3.05, 3.63) is 42.0 Å². The summed E-state index contributed by atoms with van der Waals surface area (Å²) in [5.41, 5.74) is 1.82. The number of piperidine rings is 1. The Bertz CT molecular complexity index is 743. The molecule has 1 fully saturated rings. The maximum Gasteiger partial charge on any atom is 0.257 e. The molecule has 0 radical (unpaired) electrons. The topological polar surface area (TPSA) is 60.2 Å². The van der Waals surface area contributed by atoms with E-state index in [1.165, 1.54) is 0 Å². The summed E-state index contributed by atoms with van der Waals surface area (Å²) < 4.78 is 7.84. The van der Waals surface area contributed by atoms with Crippen molar-refractivity contribution in [2.45, 2.75) is 44.8 Å². The Hall–Kier alpha value is -2.37. The molecule has 126 valence electrons. The van der Waals surface area contributed by atoms with Gasteiger partial charge in [0.05, 0.1) is 11.6 Å². The number of aromatic nitrogens is 3. The van der Waals surface area contributed by atoms with Crippen LogP contribution < -0.4 is 4.74 Å². The molecule has 4 rings (SSSR count). The van der Waals surface area contributed by atoms with Crippen LogP contribution in [-0.2, 0) is 0 Å². The predicted molar refractivity (Wildman–Crippen MR) is 89.1 cm³/mol. The third kappa shape index (κ3) is 2.46. The summed E-state index contributed by atoms with van der Waals surface area (Å²) in [6, 6.07) is 6.10. The summed E-state index contributed by atoms with van der Waals surface area (Å²) in [7, 11) is 0. The van der Waals surface area contributed by atoms with Crippen LogP contribution in [0.25, 0.3) is 0 Å². The van der Waals surface area contributed by atoms with Crippen LogP contribution in [0.4, 0.5) is 0 Å². The van der Waals surface area contributed by atoms with Crippen molar-refractivity contribution in [3.8, 4) is 5.75 Å². The molecule has 1 amide bonds. The van der Waals surface area contributed by atoms with Crippen LogP contribution in [0.5, 0.6) is 5.75 Å². The predicted octanol–water partition coefficient (Wildman–Crippen LogP) is 2.64. The molecule has 0 spiro atoms. The van der Waals surface area contributed by atoms with Crippen molar-refractivity contribution in [2.24, 2.45) is 0 Å². The van der Waals surface area contributed by atoms with Gasteiger partial charge in [0.2, 0.25) is 0 Å². The summed E-state index contributed by atoms with van der Waals surface area (Å²) in [6.45, 7) is 5.64. The number of para-hydroxylation sites is 1. The number of likely N-dealkylation sites (tertiary alicyclic amines) is 1. The second-order valence-corrected chi connectivity index (χ2v) is 6.76. The highest BCUT2D eigenvalue weighted by Gasteiger charge is 2.33. The van der Waals surface area contributed by atoms with Crippen LogP contribution in [0.2, 0.25) is 0 Å². The first-order valence-corrected chi connectivity index (χ1v) is 8.58. The van der Waals surface area contributed by atoms with E-state index in [1.54, 1.807) is 12.7 Å². The molecule has 0 unspecified atom stereocenters. The zero-order valence-corrected chi connectivity index (χ0v) is 14.1. The van der Waals surface area contributed by atoms with Gasteiger partial charge in [0.25, 0.3) is 5.91 Å². The molecule has 3 heterocycles. The first-order valence-electron chi connectivity index (χ1n) is 8.58. The Morgan fingerprint density at radius 2 is 2.21 bits per heavy atom. The lowest BCUT2D eigenvalue weighted by molar-refractivity contribution is 0.0667. The van der Waals surface area contributed by atoms with Gasteiger partial charge >= 0.3 is 0 Å². The molecule has 1 saturated heterocycles. The number of hydrogen-bond acceptors (Lipinski definition) is 4. The van der Waals surface area contributed by atoms with Crippen LogP contribution in [0.15, 0.2) is 30.9 Å². The van der Waals surface area contributed by atoms with Crippen molar-refractivity contribution in [1.29, 1.82) is 0 Å². The SMILES string of the molecule is C[C@@H]1Oc2c(C(=O)N3CCC[C@H](n4cncn4)C3)cccc2[C@H]1C. The Labute approximate surface area is 141 Å². The molecule has 1 aromatic heterocycles. The summed E-state index contributed by atoms with van der Waals surface area (Å²) in [4.78, 5) is 19.0. The number of benzene rings is 1. The lowest BCUT2D eigenvalue weighted by atomic mass is 9.96. The van der Waals surface area contributed by atoms with Gasteiger partial charge in [0.1, 0.15) is 24.5 Å². The zero-order valence-electron chi connectivity index (χ0n) is 14.1. The number of carbonyl (C=O) groups excluding carboxylic acids is 1. The molecule has 1 aromatic carbocycles. The number of rotatable bonds is 2. The van der Waals surface area contributed by atoms with Crippen molar-refractivity contribution in [3.63, 3.8) is 0 Å². The molecule has 0 N–H and O–H groups in total. The van der Waals surface area contributed by atoms with E-state index in [1.807, 2.05) is 21.7 Å². The van der Waals surface area contributed by atoms with E-state index in [4.69, 9.17) is 4.74 Å². The van der Waals surface area contributed by atoms with Crippen LogP contribution in [0, 0.1) is 0 Å². The molecule has 0 aliphatic carbocycles. The van der Waals surface area contributed by atoms with E-state index in [9.17, 15) is 4.79 Å². The summed E-state index contributed by atoms with van der Waals surface area (Å²) >= 11 is 0. The van der Waals surface area contributed by atoms with Crippen LogP contribution in [0.1, 0.15) is 54.6 Å². The molecule has 2 aromatic rings. The maximum atomic E-state index is 13.1. The minimum absolute atomic E-state index is 0.0537. The van der Waals surface area contributed by atoms with Crippen molar-refractivity contribution in [1.82, 2.24) is 19.7 Å². The van der Waals surface area contributed by atoms with E-state index in [2.05, 4.69) is 30.0 Å². The van der Waals surface area contributed by atoms with Gasteiger partial charge in [-0.2, -0.15) is 5.10 Å². The minimum atomic E-state index is 0.0537. The number of carbonyl (C=O) groups is 1.